The summed E-state index contributed by atoms with van der Waals surface area (Å²) in [7, 11) is 0. The molecule has 6 rings (SSSR count). The van der Waals surface area contributed by atoms with E-state index in [2.05, 4.69) is 42.8 Å². The molecule has 2 unspecified atom stereocenters. The highest BCUT2D eigenvalue weighted by atomic mass is 16.3. The lowest BCUT2D eigenvalue weighted by molar-refractivity contribution is 0.00612. The first-order valence-electron chi connectivity index (χ1n) is 13.8. The number of hydrogen-bond donors (Lipinski definition) is 8. The third-order valence-electron chi connectivity index (χ3n) is 8.51. The Morgan fingerprint density at radius 1 is 1.12 bits per heavy atom. The Morgan fingerprint density at radius 3 is 2.73 bits per heavy atom. The van der Waals surface area contributed by atoms with Crippen molar-refractivity contribution in [3.63, 3.8) is 0 Å². The van der Waals surface area contributed by atoms with Gasteiger partial charge in [0.1, 0.15) is 6.10 Å². The van der Waals surface area contributed by atoms with Gasteiger partial charge < -0.3 is 36.6 Å². The number of aliphatic hydroxyl groups excluding tert-OH is 1. The van der Waals surface area contributed by atoms with Gasteiger partial charge in [-0.25, -0.2) is 0 Å². The average Bonchev–Trinajstić information content (AvgIpc) is 3.47. The largest absolute Gasteiger partial charge is 0.386 e. The second kappa shape index (κ2) is 10.0. The van der Waals surface area contributed by atoms with Crippen LogP contribution < -0.4 is 26.6 Å². The third-order valence-corrected chi connectivity index (χ3v) is 8.51. The van der Waals surface area contributed by atoms with Crippen LogP contribution >= 0.6 is 0 Å². The highest BCUT2D eigenvalue weighted by molar-refractivity contribution is 5.97. The van der Waals surface area contributed by atoms with Crippen molar-refractivity contribution in [3.8, 4) is 0 Å². The molecule has 13 heteroatoms. The van der Waals surface area contributed by atoms with E-state index >= 15 is 0 Å². The molecule has 0 saturated carbocycles. The molecule has 0 bridgehead atoms. The smallest absolute Gasteiger partial charge is 0.271 e. The molecule has 3 saturated heterocycles. The molecule has 1 aromatic carbocycles. The fourth-order valence-corrected chi connectivity index (χ4v) is 6.50. The maximum atomic E-state index is 13.4. The molecule has 210 valence electrons. The Kier molecular flexibility index (Phi) is 6.53. The van der Waals surface area contributed by atoms with Gasteiger partial charge in [-0.15, -0.1) is 5.10 Å². The van der Waals surface area contributed by atoms with Gasteiger partial charge in [-0.2, -0.15) is 5.10 Å². The number of aromatic nitrogens is 2. The van der Waals surface area contributed by atoms with Crippen molar-refractivity contribution in [1.29, 1.82) is 10.8 Å². The van der Waals surface area contributed by atoms with Gasteiger partial charge >= 0.3 is 0 Å². The van der Waals surface area contributed by atoms with E-state index in [-0.39, 0.29) is 36.6 Å². The number of guanidine groups is 2. The lowest BCUT2D eigenvalue weighted by Crippen LogP contribution is -2.78. The molecule has 4 heterocycles. The minimum absolute atomic E-state index is 0.00740. The number of nitrogens with zero attached hydrogens (tertiary/aromatic N) is 3. The zero-order valence-electron chi connectivity index (χ0n) is 22.3. The maximum absolute atomic E-state index is 13.4. The summed E-state index contributed by atoms with van der Waals surface area (Å²) in [6, 6.07) is 7.32. The van der Waals surface area contributed by atoms with E-state index in [0.29, 0.717) is 12.0 Å². The van der Waals surface area contributed by atoms with Crippen molar-refractivity contribution >= 4 is 23.7 Å². The van der Waals surface area contributed by atoms with E-state index in [4.69, 9.17) is 10.8 Å². The fourth-order valence-electron chi connectivity index (χ4n) is 6.50. The number of carbonyl (C=O) groups is 2. The third kappa shape index (κ3) is 4.21. The average molecular weight is 547 g/mol. The number of benzene rings is 1. The van der Waals surface area contributed by atoms with Crippen molar-refractivity contribution in [1.82, 2.24) is 41.7 Å². The van der Waals surface area contributed by atoms with Gasteiger partial charge in [-0.05, 0) is 61.4 Å². The number of aryl methyl sites for hydroxylation is 2. The molecule has 2 aromatic rings. The van der Waals surface area contributed by atoms with Gasteiger partial charge in [0, 0.05) is 18.7 Å². The number of rotatable bonds is 6. The zero-order chi connectivity index (χ0) is 28.0. The molecule has 1 aromatic heterocycles. The lowest BCUT2D eigenvalue weighted by Gasteiger charge is -2.49. The van der Waals surface area contributed by atoms with Gasteiger partial charge in [0.25, 0.3) is 11.8 Å². The predicted molar refractivity (Wildman–Crippen MR) is 146 cm³/mol. The quantitative estimate of drug-likeness (QED) is 0.230. The Bertz CT molecular complexity index is 1360. The van der Waals surface area contributed by atoms with Crippen LogP contribution in [0.15, 0.2) is 30.3 Å². The van der Waals surface area contributed by atoms with Crippen LogP contribution in [-0.4, -0.2) is 86.9 Å². The number of hydrogen-bond acceptors (Lipinski definition) is 7. The second-order valence-corrected chi connectivity index (χ2v) is 10.8. The van der Waals surface area contributed by atoms with Crippen molar-refractivity contribution in [2.75, 3.05) is 13.1 Å². The Balaban J connectivity index is 1.20. The van der Waals surface area contributed by atoms with Gasteiger partial charge in [0.15, 0.2) is 23.3 Å². The summed E-state index contributed by atoms with van der Waals surface area (Å²) in [6.07, 6.45) is 3.52. The molecule has 1 aliphatic carbocycles. The van der Waals surface area contributed by atoms with Crippen molar-refractivity contribution in [2.24, 2.45) is 0 Å². The summed E-state index contributed by atoms with van der Waals surface area (Å²) in [4.78, 5) is 27.8. The maximum Gasteiger partial charge on any atom is 0.271 e. The standard InChI is InChI=1S/C27H34N10O3/c1-2-15-10-11-18(36-35-15)24(40)30-12-19-21-27(34-25(28)33-21)22(38)20(13-37(27)26(29)32-19)31-23(39)17-9-5-7-14-6-3-4-8-16(14)17/h5,7,9-11,19-22,38H,2-4,6,8,12-13H2,1H3,(H2,29,32)(H,30,40)(H,31,39)(H3,28,33,34)/t19-,20?,21-,22+,27?/m0/s1. The Morgan fingerprint density at radius 2 is 1.95 bits per heavy atom. The van der Waals surface area contributed by atoms with E-state index in [9.17, 15) is 14.7 Å². The van der Waals surface area contributed by atoms with Crippen LogP contribution in [0.25, 0.3) is 0 Å². The molecule has 8 N–H and O–H groups in total. The van der Waals surface area contributed by atoms with Crippen molar-refractivity contribution in [3.05, 3.63) is 58.4 Å². The highest BCUT2D eigenvalue weighted by Gasteiger charge is 2.66. The normalized spacial score (nSPS) is 28.4. The Labute approximate surface area is 231 Å². The van der Waals surface area contributed by atoms with Crippen LogP contribution in [0.3, 0.4) is 0 Å². The first-order chi connectivity index (χ1) is 19.3. The molecule has 1 spiro atoms. The van der Waals surface area contributed by atoms with Gasteiger partial charge in [-0.1, -0.05) is 19.1 Å². The molecule has 2 amide bonds. The highest BCUT2D eigenvalue weighted by Crippen LogP contribution is 2.37. The molecule has 3 fully saturated rings. The predicted octanol–water partition coefficient (Wildman–Crippen LogP) is -0.778. The summed E-state index contributed by atoms with van der Waals surface area (Å²) in [6.45, 7) is 2.22. The van der Waals surface area contributed by atoms with Gasteiger partial charge in [0.05, 0.1) is 23.8 Å². The number of nitrogens with one attached hydrogen (secondary N) is 7. The van der Waals surface area contributed by atoms with Crippen LogP contribution in [0.1, 0.15) is 57.4 Å². The fraction of sp³-hybridized carbons (Fsp3) is 0.481. The van der Waals surface area contributed by atoms with E-state index in [1.54, 1.807) is 17.0 Å². The van der Waals surface area contributed by atoms with E-state index in [1.807, 2.05) is 19.1 Å². The molecular formula is C27H34N10O3. The summed E-state index contributed by atoms with van der Waals surface area (Å²) in [5.41, 5.74) is 2.58. The molecular weight excluding hydrogens is 512 g/mol. The number of amides is 2. The minimum Gasteiger partial charge on any atom is -0.386 e. The van der Waals surface area contributed by atoms with E-state index in [1.165, 1.54) is 5.56 Å². The van der Waals surface area contributed by atoms with E-state index < -0.39 is 35.8 Å². The van der Waals surface area contributed by atoms with Crippen molar-refractivity contribution in [2.45, 2.75) is 68.9 Å². The van der Waals surface area contributed by atoms with Crippen LogP contribution in [0.5, 0.6) is 0 Å². The molecule has 5 atom stereocenters. The topological polar surface area (TPSA) is 191 Å². The first kappa shape index (κ1) is 26.0. The summed E-state index contributed by atoms with van der Waals surface area (Å²) in [5.74, 6) is -0.647. The molecule has 40 heavy (non-hydrogen) atoms. The minimum atomic E-state index is -1.26. The van der Waals surface area contributed by atoms with Crippen LogP contribution in [0.4, 0.5) is 0 Å². The molecule has 13 nitrogen and oxygen atoms in total. The monoisotopic (exact) mass is 546 g/mol. The van der Waals surface area contributed by atoms with Crippen LogP contribution in [-0.2, 0) is 19.3 Å². The van der Waals surface area contributed by atoms with E-state index in [0.717, 1.165) is 36.9 Å². The van der Waals surface area contributed by atoms with Gasteiger partial charge in [-0.3, -0.25) is 20.4 Å². The number of carbonyl (C=O) groups excluding carboxylic acids is 2. The zero-order valence-corrected chi connectivity index (χ0v) is 22.3. The summed E-state index contributed by atoms with van der Waals surface area (Å²) in [5, 5.41) is 51.8. The molecule has 4 aliphatic rings. The van der Waals surface area contributed by atoms with Gasteiger partial charge in [0.2, 0.25) is 0 Å². The Hall–Kier alpha value is -4.26. The number of fused-ring (bicyclic) bond motifs is 1. The second-order valence-electron chi connectivity index (χ2n) is 10.8. The summed E-state index contributed by atoms with van der Waals surface area (Å²) >= 11 is 0. The number of aliphatic hydroxyl groups is 1. The lowest BCUT2D eigenvalue weighted by atomic mass is 9.86. The molecule has 3 aliphatic heterocycles. The first-order valence-corrected chi connectivity index (χ1v) is 13.8. The van der Waals surface area contributed by atoms with Crippen LogP contribution in [0.2, 0.25) is 0 Å². The van der Waals surface area contributed by atoms with Crippen molar-refractivity contribution < 1.29 is 14.7 Å². The molecule has 0 radical (unpaired) electrons. The SMILES string of the molecule is CCc1ccc(C(=O)NC[C@@H]2NC(=N)N3CC(NC(=O)c4cccc5c4CCCC5)[C@@H](O)C34NC(=N)N[C@@H]24)nn1. The van der Waals surface area contributed by atoms with Crippen LogP contribution in [0, 0.1) is 10.8 Å². The summed E-state index contributed by atoms with van der Waals surface area (Å²) < 4.78 is 0.